The maximum atomic E-state index is 12.4. The smallest absolute Gasteiger partial charge is 0.330 e. The average molecular weight is 295 g/mol. The van der Waals surface area contributed by atoms with Crippen molar-refractivity contribution in [2.45, 2.75) is 32.1 Å². The van der Waals surface area contributed by atoms with E-state index < -0.39 is 23.8 Å². The quantitative estimate of drug-likeness (QED) is 0.758. The summed E-state index contributed by atoms with van der Waals surface area (Å²) >= 11 is 0. The third kappa shape index (κ3) is 3.22. The van der Waals surface area contributed by atoms with Crippen LogP contribution < -0.4 is 5.32 Å². The summed E-state index contributed by atoms with van der Waals surface area (Å²) in [6.07, 6.45) is 3.76. The Bertz CT molecular complexity index is 469. The molecular formula is C14H21N3O4. The topological polar surface area (TPSA) is 86.8 Å². The Hall–Kier alpha value is -1.92. The molecule has 1 saturated carbocycles. The van der Waals surface area contributed by atoms with E-state index in [4.69, 9.17) is 0 Å². The molecule has 2 rings (SSSR count). The third-order valence-corrected chi connectivity index (χ3v) is 4.21. The van der Waals surface area contributed by atoms with Crippen LogP contribution in [0.5, 0.6) is 0 Å². The zero-order valence-electron chi connectivity index (χ0n) is 12.4. The van der Waals surface area contributed by atoms with E-state index in [1.54, 1.807) is 14.1 Å². The molecule has 1 aliphatic heterocycles. The van der Waals surface area contributed by atoms with Crippen LogP contribution in [0.2, 0.25) is 0 Å². The van der Waals surface area contributed by atoms with Gasteiger partial charge in [-0.1, -0.05) is 12.8 Å². The lowest BCUT2D eigenvalue weighted by Crippen LogP contribution is -2.59. The maximum absolute atomic E-state index is 12.4. The molecule has 1 aliphatic carbocycles. The summed E-state index contributed by atoms with van der Waals surface area (Å²) in [7, 11) is 3.23. The highest BCUT2D eigenvalue weighted by atomic mass is 16.2. The zero-order valence-corrected chi connectivity index (χ0v) is 12.4. The first-order chi connectivity index (χ1) is 9.91. The van der Waals surface area contributed by atoms with Crippen LogP contribution in [0.25, 0.3) is 0 Å². The summed E-state index contributed by atoms with van der Waals surface area (Å²) in [5.74, 6) is -1.88. The standard InChI is InChI=1S/C14H21N3O4/c1-16(2)10(18)7-8-17-13(20)11(9-5-3-4-6-9)12(19)15-14(17)21/h9,11H,3-8H2,1-2H3,(H,15,19,21). The van der Waals surface area contributed by atoms with Crippen molar-refractivity contribution in [1.82, 2.24) is 15.1 Å². The van der Waals surface area contributed by atoms with Crippen LogP contribution in [-0.2, 0) is 14.4 Å². The number of nitrogens with zero attached hydrogens (tertiary/aromatic N) is 2. The van der Waals surface area contributed by atoms with Crippen molar-refractivity contribution < 1.29 is 19.2 Å². The van der Waals surface area contributed by atoms with E-state index >= 15 is 0 Å². The number of carbonyl (C=O) groups is 4. The van der Waals surface area contributed by atoms with Gasteiger partial charge in [-0.05, 0) is 18.8 Å². The molecule has 7 nitrogen and oxygen atoms in total. The van der Waals surface area contributed by atoms with Gasteiger partial charge in [0.2, 0.25) is 17.7 Å². The molecule has 2 fully saturated rings. The van der Waals surface area contributed by atoms with Gasteiger partial charge in [-0.3, -0.25) is 24.6 Å². The number of nitrogens with one attached hydrogen (secondary N) is 1. The van der Waals surface area contributed by atoms with Gasteiger partial charge in [-0.15, -0.1) is 0 Å². The number of barbiturate groups is 1. The molecule has 1 saturated heterocycles. The van der Waals surface area contributed by atoms with E-state index in [2.05, 4.69) is 5.32 Å². The van der Waals surface area contributed by atoms with Crippen molar-refractivity contribution in [3.8, 4) is 0 Å². The average Bonchev–Trinajstić information content (AvgIpc) is 2.91. The Morgan fingerprint density at radius 3 is 2.43 bits per heavy atom. The van der Waals surface area contributed by atoms with Gasteiger partial charge >= 0.3 is 6.03 Å². The summed E-state index contributed by atoms with van der Waals surface area (Å²) in [5, 5.41) is 2.24. The lowest BCUT2D eigenvalue weighted by Gasteiger charge is -2.32. The normalized spacial score (nSPS) is 23.4. The van der Waals surface area contributed by atoms with Crippen molar-refractivity contribution in [2.24, 2.45) is 11.8 Å². The van der Waals surface area contributed by atoms with Crippen molar-refractivity contribution in [3.05, 3.63) is 0 Å². The number of urea groups is 1. The molecule has 21 heavy (non-hydrogen) atoms. The largest absolute Gasteiger partial charge is 0.349 e. The first kappa shape index (κ1) is 15.5. The molecule has 5 amide bonds. The van der Waals surface area contributed by atoms with E-state index in [9.17, 15) is 19.2 Å². The fourth-order valence-corrected chi connectivity index (χ4v) is 2.98. The minimum Gasteiger partial charge on any atom is -0.349 e. The van der Waals surface area contributed by atoms with Crippen LogP contribution >= 0.6 is 0 Å². The summed E-state index contributed by atoms with van der Waals surface area (Å²) < 4.78 is 0. The second kappa shape index (κ2) is 6.24. The number of imide groups is 2. The molecule has 1 atom stereocenters. The van der Waals surface area contributed by atoms with E-state index in [-0.39, 0.29) is 24.8 Å². The van der Waals surface area contributed by atoms with Gasteiger partial charge in [0, 0.05) is 27.1 Å². The maximum Gasteiger partial charge on any atom is 0.330 e. The molecule has 7 heteroatoms. The molecule has 0 aromatic rings. The molecule has 1 N–H and O–H groups in total. The minimum absolute atomic E-state index is 0.0117. The Morgan fingerprint density at radius 2 is 1.86 bits per heavy atom. The molecule has 1 unspecified atom stereocenters. The number of hydrogen-bond donors (Lipinski definition) is 1. The van der Waals surface area contributed by atoms with Crippen LogP contribution in [0, 0.1) is 11.8 Å². The fourth-order valence-electron chi connectivity index (χ4n) is 2.98. The first-order valence-electron chi connectivity index (χ1n) is 7.28. The predicted octanol–water partition coefficient (Wildman–Crippen LogP) is 0.349. The van der Waals surface area contributed by atoms with Crippen molar-refractivity contribution >= 4 is 23.8 Å². The van der Waals surface area contributed by atoms with Gasteiger partial charge in [0.1, 0.15) is 5.92 Å². The second-order valence-electron chi connectivity index (χ2n) is 5.84. The van der Waals surface area contributed by atoms with Crippen molar-refractivity contribution in [1.29, 1.82) is 0 Å². The molecule has 0 radical (unpaired) electrons. The summed E-state index contributed by atoms with van der Waals surface area (Å²) in [4.78, 5) is 50.2. The number of amides is 5. The highest BCUT2D eigenvalue weighted by Crippen LogP contribution is 2.33. The molecule has 0 aromatic carbocycles. The van der Waals surface area contributed by atoms with Crippen LogP contribution in [0.15, 0.2) is 0 Å². The monoisotopic (exact) mass is 295 g/mol. The Balaban J connectivity index is 2.06. The van der Waals surface area contributed by atoms with Gasteiger partial charge in [0.05, 0.1) is 0 Å². The highest BCUT2D eigenvalue weighted by Gasteiger charge is 2.45. The minimum atomic E-state index is -0.778. The van der Waals surface area contributed by atoms with Gasteiger partial charge < -0.3 is 4.90 Å². The third-order valence-electron chi connectivity index (χ3n) is 4.21. The van der Waals surface area contributed by atoms with Gasteiger partial charge in [0.15, 0.2) is 0 Å². The summed E-state index contributed by atoms with van der Waals surface area (Å²) in [6, 6.07) is -0.717. The van der Waals surface area contributed by atoms with Crippen LogP contribution in [0.4, 0.5) is 4.79 Å². The Kier molecular flexibility index (Phi) is 4.59. The molecule has 116 valence electrons. The molecule has 0 spiro atoms. The number of rotatable bonds is 4. The predicted molar refractivity (Wildman–Crippen MR) is 74.0 cm³/mol. The van der Waals surface area contributed by atoms with Crippen molar-refractivity contribution in [3.63, 3.8) is 0 Å². The van der Waals surface area contributed by atoms with Gasteiger partial charge in [-0.25, -0.2) is 4.79 Å². The molecule has 0 bridgehead atoms. The first-order valence-corrected chi connectivity index (χ1v) is 7.28. The Morgan fingerprint density at radius 1 is 1.24 bits per heavy atom. The van der Waals surface area contributed by atoms with Crippen molar-refractivity contribution in [2.75, 3.05) is 20.6 Å². The van der Waals surface area contributed by atoms with Crippen LogP contribution in [-0.4, -0.2) is 54.2 Å². The molecule has 0 aromatic heterocycles. The Labute approximate surface area is 123 Å². The van der Waals surface area contributed by atoms with E-state index in [1.807, 2.05) is 0 Å². The molecule has 2 aliphatic rings. The van der Waals surface area contributed by atoms with E-state index in [0.29, 0.717) is 0 Å². The van der Waals surface area contributed by atoms with Crippen LogP contribution in [0.1, 0.15) is 32.1 Å². The van der Waals surface area contributed by atoms with E-state index in [0.717, 1.165) is 30.6 Å². The summed E-state index contributed by atoms with van der Waals surface area (Å²) in [6.45, 7) is 0.0121. The highest BCUT2D eigenvalue weighted by molar-refractivity contribution is 6.16. The number of hydrogen-bond acceptors (Lipinski definition) is 4. The fraction of sp³-hybridized carbons (Fsp3) is 0.714. The number of carbonyl (C=O) groups excluding carboxylic acids is 4. The second-order valence-corrected chi connectivity index (χ2v) is 5.84. The van der Waals surface area contributed by atoms with Crippen LogP contribution in [0.3, 0.4) is 0 Å². The van der Waals surface area contributed by atoms with Gasteiger partial charge in [0.25, 0.3) is 0 Å². The SMILES string of the molecule is CN(C)C(=O)CCN1C(=O)NC(=O)C(C2CCCC2)C1=O. The summed E-state index contributed by atoms with van der Waals surface area (Å²) in [5.41, 5.74) is 0. The molecular weight excluding hydrogens is 274 g/mol. The zero-order chi connectivity index (χ0) is 15.6. The molecule has 1 heterocycles. The lowest BCUT2D eigenvalue weighted by molar-refractivity contribution is -0.145. The van der Waals surface area contributed by atoms with E-state index in [1.165, 1.54) is 4.90 Å². The van der Waals surface area contributed by atoms with Gasteiger partial charge in [-0.2, -0.15) is 0 Å². The lowest BCUT2D eigenvalue weighted by atomic mass is 9.87.